The molecule has 0 fully saturated rings. The summed E-state index contributed by atoms with van der Waals surface area (Å²) in [6.07, 6.45) is 0.348. The van der Waals surface area contributed by atoms with Crippen molar-refractivity contribution >= 4 is 15.9 Å². The lowest BCUT2D eigenvalue weighted by Crippen LogP contribution is -2.41. The van der Waals surface area contributed by atoms with E-state index in [4.69, 9.17) is 9.47 Å². The van der Waals surface area contributed by atoms with Crippen molar-refractivity contribution in [2.75, 3.05) is 21.3 Å². The lowest BCUT2D eigenvalue weighted by molar-refractivity contribution is -0.121. The third kappa shape index (κ3) is 4.03. The van der Waals surface area contributed by atoms with Crippen LogP contribution in [0.25, 0.3) is 0 Å². The van der Waals surface area contributed by atoms with E-state index in [0.717, 1.165) is 10.0 Å². The molecule has 1 rings (SSSR count). The van der Waals surface area contributed by atoms with E-state index >= 15 is 0 Å². The Morgan fingerprint density at radius 3 is 2.47 bits per heavy atom. The maximum Gasteiger partial charge on any atom is 0.172 e. The molecule has 0 bridgehead atoms. The summed E-state index contributed by atoms with van der Waals surface area (Å²) in [6, 6.07) is 4.66. The lowest BCUT2D eigenvalue weighted by Gasteiger charge is -2.24. The first-order valence-electron chi connectivity index (χ1n) is 5.29. The molecule has 1 N–H and O–H groups in total. The number of hydrogen-bond donors (Lipinski definition) is 1. The van der Waals surface area contributed by atoms with Crippen molar-refractivity contribution in [3.05, 3.63) is 34.1 Å². The van der Waals surface area contributed by atoms with Gasteiger partial charge in [0.1, 0.15) is 5.82 Å². The topological polar surface area (TPSA) is 30.5 Å². The van der Waals surface area contributed by atoms with Crippen LogP contribution in [0.3, 0.4) is 0 Å². The van der Waals surface area contributed by atoms with Crippen LogP contribution in [0.15, 0.2) is 22.7 Å². The Hall–Kier alpha value is -0.490. The average Bonchev–Trinajstić information content (AvgIpc) is 2.32. The zero-order valence-electron chi connectivity index (χ0n) is 10.2. The highest BCUT2D eigenvalue weighted by atomic mass is 79.9. The van der Waals surface area contributed by atoms with Gasteiger partial charge in [0.15, 0.2) is 6.29 Å². The minimum absolute atomic E-state index is 0.00626. The number of likely N-dealkylation sites (N-methyl/N-ethyl adjacent to an activating group) is 1. The van der Waals surface area contributed by atoms with Gasteiger partial charge in [0.25, 0.3) is 0 Å². The molecule has 3 nitrogen and oxygen atoms in total. The molecule has 0 aliphatic rings. The Morgan fingerprint density at radius 1 is 1.35 bits per heavy atom. The van der Waals surface area contributed by atoms with Crippen LogP contribution in [-0.4, -0.2) is 33.6 Å². The number of methoxy groups -OCH3 is 2. The Kier molecular flexibility index (Phi) is 6.05. The van der Waals surface area contributed by atoms with E-state index in [0.29, 0.717) is 6.42 Å². The number of ether oxygens (including phenoxy) is 2. The molecule has 96 valence electrons. The van der Waals surface area contributed by atoms with E-state index in [1.54, 1.807) is 20.3 Å². The van der Waals surface area contributed by atoms with Gasteiger partial charge in [0.05, 0.1) is 6.04 Å². The molecule has 1 aromatic carbocycles. The minimum atomic E-state index is -0.336. The van der Waals surface area contributed by atoms with Gasteiger partial charge in [0, 0.05) is 18.7 Å². The summed E-state index contributed by atoms with van der Waals surface area (Å²) >= 11 is 3.35. The summed E-state index contributed by atoms with van der Waals surface area (Å²) in [4.78, 5) is 0. The molecule has 0 saturated carbocycles. The highest BCUT2D eigenvalue weighted by Gasteiger charge is 2.20. The Bertz CT molecular complexity index is 358. The van der Waals surface area contributed by atoms with E-state index in [9.17, 15) is 4.39 Å². The van der Waals surface area contributed by atoms with Gasteiger partial charge >= 0.3 is 0 Å². The Labute approximate surface area is 109 Å². The normalized spacial score (nSPS) is 13.1. The molecule has 1 unspecified atom stereocenters. The van der Waals surface area contributed by atoms with Crippen LogP contribution in [0.5, 0.6) is 0 Å². The molecule has 0 heterocycles. The first-order valence-corrected chi connectivity index (χ1v) is 6.08. The second kappa shape index (κ2) is 7.06. The maximum absolute atomic E-state index is 13.0. The second-order valence-corrected chi connectivity index (χ2v) is 4.53. The van der Waals surface area contributed by atoms with Gasteiger partial charge in [-0.05, 0) is 31.2 Å². The van der Waals surface area contributed by atoms with Crippen molar-refractivity contribution < 1.29 is 13.9 Å². The van der Waals surface area contributed by atoms with Crippen molar-refractivity contribution in [1.82, 2.24) is 5.32 Å². The average molecular weight is 306 g/mol. The molecular formula is C12H17BrFNO2. The highest BCUT2D eigenvalue weighted by Crippen LogP contribution is 2.20. The van der Waals surface area contributed by atoms with E-state index in [2.05, 4.69) is 21.2 Å². The van der Waals surface area contributed by atoms with Crippen molar-refractivity contribution in [3.8, 4) is 0 Å². The Morgan fingerprint density at radius 2 is 2.00 bits per heavy atom. The first kappa shape index (κ1) is 14.6. The minimum Gasteiger partial charge on any atom is -0.354 e. The van der Waals surface area contributed by atoms with Gasteiger partial charge in [-0.25, -0.2) is 4.39 Å². The number of benzene rings is 1. The standard InChI is InChI=1S/C12H17BrFNO2/c1-15-11(12(16-2)17-3)6-8-4-5-9(14)7-10(8)13/h4-5,7,11-12,15H,6H2,1-3H3. The summed E-state index contributed by atoms with van der Waals surface area (Å²) in [6.45, 7) is 0. The smallest absolute Gasteiger partial charge is 0.172 e. The molecule has 0 aromatic heterocycles. The van der Waals surface area contributed by atoms with Crippen molar-refractivity contribution in [2.24, 2.45) is 0 Å². The van der Waals surface area contributed by atoms with Crippen molar-refractivity contribution in [1.29, 1.82) is 0 Å². The number of rotatable bonds is 6. The summed E-state index contributed by atoms with van der Waals surface area (Å²) in [5, 5.41) is 3.13. The SMILES string of the molecule is CNC(Cc1ccc(F)cc1Br)C(OC)OC. The van der Waals surface area contributed by atoms with Gasteiger partial charge in [-0.3, -0.25) is 0 Å². The zero-order valence-corrected chi connectivity index (χ0v) is 11.8. The molecule has 1 atom stereocenters. The highest BCUT2D eigenvalue weighted by molar-refractivity contribution is 9.10. The molecule has 0 amide bonds. The second-order valence-electron chi connectivity index (χ2n) is 3.67. The monoisotopic (exact) mass is 305 g/mol. The van der Waals surface area contributed by atoms with E-state index in [-0.39, 0.29) is 18.1 Å². The fourth-order valence-electron chi connectivity index (χ4n) is 1.68. The molecular weight excluding hydrogens is 289 g/mol. The van der Waals surface area contributed by atoms with Crippen LogP contribution in [-0.2, 0) is 15.9 Å². The third-order valence-corrected chi connectivity index (χ3v) is 3.36. The summed E-state index contributed by atoms with van der Waals surface area (Å²) in [5.41, 5.74) is 1.00. The third-order valence-electron chi connectivity index (χ3n) is 2.62. The van der Waals surface area contributed by atoms with Crippen molar-refractivity contribution in [2.45, 2.75) is 18.8 Å². The molecule has 1 aromatic rings. The van der Waals surface area contributed by atoms with Gasteiger partial charge < -0.3 is 14.8 Å². The van der Waals surface area contributed by atoms with Crippen LogP contribution in [0.1, 0.15) is 5.56 Å². The Balaban J connectivity index is 2.80. The fourth-order valence-corrected chi connectivity index (χ4v) is 2.20. The van der Waals surface area contributed by atoms with Gasteiger partial charge in [-0.2, -0.15) is 0 Å². The fraction of sp³-hybridized carbons (Fsp3) is 0.500. The molecule has 0 saturated heterocycles. The summed E-state index contributed by atoms with van der Waals surface area (Å²) < 4.78 is 24.1. The van der Waals surface area contributed by atoms with Crippen LogP contribution < -0.4 is 5.32 Å². The van der Waals surface area contributed by atoms with E-state index in [1.165, 1.54) is 12.1 Å². The zero-order chi connectivity index (χ0) is 12.8. The predicted octanol–water partition coefficient (Wildman–Crippen LogP) is 2.34. The molecule has 0 aliphatic heterocycles. The van der Waals surface area contributed by atoms with Gasteiger partial charge in [-0.1, -0.05) is 22.0 Å². The first-order chi connectivity index (χ1) is 8.12. The van der Waals surface area contributed by atoms with E-state index < -0.39 is 0 Å². The van der Waals surface area contributed by atoms with Crippen molar-refractivity contribution in [3.63, 3.8) is 0 Å². The number of nitrogens with one attached hydrogen (secondary N) is 1. The molecule has 0 radical (unpaired) electrons. The number of hydrogen-bond acceptors (Lipinski definition) is 3. The van der Waals surface area contributed by atoms with Crippen LogP contribution >= 0.6 is 15.9 Å². The molecule has 0 aliphatic carbocycles. The van der Waals surface area contributed by atoms with Crippen LogP contribution in [0.2, 0.25) is 0 Å². The predicted molar refractivity (Wildman–Crippen MR) is 68.5 cm³/mol. The van der Waals surface area contributed by atoms with Crippen LogP contribution in [0, 0.1) is 5.82 Å². The molecule has 5 heteroatoms. The molecule has 0 spiro atoms. The maximum atomic E-state index is 13.0. The van der Waals surface area contributed by atoms with Gasteiger partial charge in [-0.15, -0.1) is 0 Å². The summed E-state index contributed by atoms with van der Waals surface area (Å²) in [7, 11) is 5.03. The summed E-state index contributed by atoms with van der Waals surface area (Å²) in [5.74, 6) is -0.253. The number of halogens is 2. The molecule has 17 heavy (non-hydrogen) atoms. The lowest BCUT2D eigenvalue weighted by atomic mass is 10.1. The van der Waals surface area contributed by atoms with Gasteiger partial charge in [0.2, 0.25) is 0 Å². The largest absolute Gasteiger partial charge is 0.354 e. The van der Waals surface area contributed by atoms with E-state index in [1.807, 2.05) is 7.05 Å². The quantitative estimate of drug-likeness (QED) is 0.818. The van der Waals surface area contributed by atoms with Crippen LogP contribution in [0.4, 0.5) is 4.39 Å².